The number of carbonyl (C=O) groups is 1. The summed E-state index contributed by atoms with van der Waals surface area (Å²) in [6, 6.07) is 22.7. The molecular weight excluding hydrogens is 455 g/mol. The molecule has 2 N–H and O–H groups in total. The van der Waals surface area contributed by atoms with Crippen molar-refractivity contribution in [1.82, 2.24) is 20.3 Å². The zero-order chi connectivity index (χ0) is 24.9. The van der Waals surface area contributed by atoms with E-state index in [9.17, 15) is 9.18 Å². The van der Waals surface area contributed by atoms with Gasteiger partial charge in [0, 0.05) is 37.0 Å². The highest BCUT2D eigenvalue weighted by molar-refractivity contribution is 5.95. The van der Waals surface area contributed by atoms with E-state index in [0.717, 1.165) is 41.8 Å². The molecule has 3 aromatic carbocycles. The minimum atomic E-state index is -0.556. The third-order valence-corrected chi connectivity index (χ3v) is 6.28. The molecule has 0 saturated heterocycles. The van der Waals surface area contributed by atoms with E-state index in [1.807, 2.05) is 60.7 Å². The van der Waals surface area contributed by atoms with Crippen molar-refractivity contribution in [3.8, 4) is 11.4 Å². The molecule has 0 saturated carbocycles. The number of hydrogen-bond donors (Lipinski definition) is 2. The Hall–Kier alpha value is -4.33. The van der Waals surface area contributed by atoms with Crippen LogP contribution < -0.4 is 15.5 Å². The van der Waals surface area contributed by atoms with Crippen LogP contribution in [0.5, 0.6) is 0 Å². The topological polar surface area (TPSA) is 83.0 Å². The average molecular weight is 483 g/mol. The van der Waals surface area contributed by atoms with E-state index in [-0.39, 0.29) is 12.5 Å². The van der Waals surface area contributed by atoms with Crippen molar-refractivity contribution < 1.29 is 9.18 Å². The quantitative estimate of drug-likeness (QED) is 0.383. The number of fused-ring (bicyclic) bond motifs is 1. The summed E-state index contributed by atoms with van der Waals surface area (Å²) in [6.45, 7) is 0.487. The Morgan fingerprint density at radius 1 is 0.972 bits per heavy atom. The number of aryl methyl sites for hydroxylation is 1. The van der Waals surface area contributed by atoms with Crippen molar-refractivity contribution in [3.63, 3.8) is 0 Å². The number of halogens is 1. The maximum atomic E-state index is 13.2. The second kappa shape index (κ2) is 10.5. The van der Waals surface area contributed by atoms with Crippen molar-refractivity contribution >= 4 is 23.5 Å². The molecule has 7 nitrogen and oxygen atoms in total. The lowest BCUT2D eigenvalue weighted by molar-refractivity contribution is 0.0950. The summed E-state index contributed by atoms with van der Waals surface area (Å²) in [7, 11) is 1.79. The van der Waals surface area contributed by atoms with E-state index in [1.54, 1.807) is 19.2 Å². The molecule has 4 aromatic rings. The van der Waals surface area contributed by atoms with Crippen molar-refractivity contribution in [2.45, 2.75) is 26.1 Å². The second-order valence-corrected chi connectivity index (χ2v) is 8.58. The number of carbonyl (C=O) groups excluding carboxylic acids is 1. The molecule has 1 amide bonds. The van der Waals surface area contributed by atoms with Crippen molar-refractivity contribution in [2.24, 2.45) is 0 Å². The molecule has 0 aliphatic carbocycles. The Bertz CT molecular complexity index is 1380. The first-order valence-corrected chi connectivity index (χ1v) is 12.0. The summed E-state index contributed by atoms with van der Waals surface area (Å²) in [5.41, 5.74) is 4.90. The Labute approximate surface area is 209 Å². The van der Waals surface area contributed by atoms with E-state index < -0.39 is 6.67 Å². The molecule has 1 aliphatic rings. The number of rotatable bonds is 7. The number of benzene rings is 3. The molecule has 0 fully saturated rings. The molecule has 1 aromatic heterocycles. The van der Waals surface area contributed by atoms with Crippen LogP contribution in [0.4, 0.5) is 22.0 Å². The standard InChI is InChI=1S/C28H27FN6O/c1-30-27-32-25(19-8-3-2-4-9-19)33-28(34-27)35-15-7-12-20-16-21(13-14-24(20)35)26(36)31-18-23-11-6-5-10-22(23)17-29/h2-6,8-11,13-14,16H,7,12,15,17-18H2,1H3,(H,31,36)(H,30,32,33,34). The van der Waals surface area contributed by atoms with E-state index in [4.69, 9.17) is 4.98 Å². The van der Waals surface area contributed by atoms with Gasteiger partial charge in [-0.05, 0) is 47.7 Å². The van der Waals surface area contributed by atoms with Crippen LogP contribution in [-0.2, 0) is 19.6 Å². The first-order chi connectivity index (χ1) is 17.7. The van der Waals surface area contributed by atoms with Crippen LogP contribution in [0.3, 0.4) is 0 Å². The van der Waals surface area contributed by atoms with Gasteiger partial charge in [-0.1, -0.05) is 54.6 Å². The maximum Gasteiger partial charge on any atom is 0.251 e. The normalized spacial score (nSPS) is 12.7. The monoisotopic (exact) mass is 482 g/mol. The van der Waals surface area contributed by atoms with Crippen molar-refractivity contribution in [3.05, 3.63) is 95.1 Å². The third-order valence-electron chi connectivity index (χ3n) is 6.28. The number of alkyl halides is 1. The molecule has 36 heavy (non-hydrogen) atoms. The molecule has 2 heterocycles. The molecule has 0 unspecified atom stereocenters. The van der Waals surface area contributed by atoms with Crippen LogP contribution in [0.15, 0.2) is 72.8 Å². The van der Waals surface area contributed by atoms with Gasteiger partial charge in [0.1, 0.15) is 6.67 Å². The number of aromatic nitrogens is 3. The number of hydrogen-bond acceptors (Lipinski definition) is 6. The summed E-state index contributed by atoms with van der Waals surface area (Å²) >= 11 is 0. The van der Waals surface area contributed by atoms with Gasteiger partial charge in [0.05, 0.1) is 0 Å². The van der Waals surface area contributed by atoms with Crippen LogP contribution in [0.1, 0.15) is 33.5 Å². The Kier molecular flexibility index (Phi) is 6.84. The molecule has 0 bridgehead atoms. The van der Waals surface area contributed by atoms with Gasteiger partial charge in [-0.25, -0.2) is 4.39 Å². The highest BCUT2D eigenvalue weighted by Gasteiger charge is 2.23. The largest absolute Gasteiger partial charge is 0.357 e. The lowest BCUT2D eigenvalue weighted by atomic mass is 9.99. The van der Waals surface area contributed by atoms with E-state index in [1.165, 1.54) is 0 Å². The van der Waals surface area contributed by atoms with Crippen LogP contribution in [0.25, 0.3) is 11.4 Å². The fourth-order valence-electron chi connectivity index (χ4n) is 4.40. The first kappa shape index (κ1) is 23.4. The van der Waals surface area contributed by atoms with E-state index >= 15 is 0 Å². The number of amides is 1. The van der Waals surface area contributed by atoms with Gasteiger partial charge in [0.2, 0.25) is 11.9 Å². The lowest BCUT2D eigenvalue weighted by Crippen LogP contribution is -2.28. The van der Waals surface area contributed by atoms with Crippen LogP contribution >= 0.6 is 0 Å². The van der Waals surface area contributed by atoms with Gasteiger partial charge < -0.3 is 15.5 Å². The highest BCUT2D eigenvalue weighted by atomic mass is 19.1. The Balaban J connectivity index is 1.40. The summed E-state index contributed by atoms with van der Waals surface area (Å²) < 4.78 is 13.2. The van der Waals surface area contributed by atoms with Crippen LogP contribution in [0, 0.1) is 0 Å². The summed E-state index contributed by atoms with van der Waals surface area (Å²) in [6.07, 6.45) is 1.76. The van der Waals surface area contributed by atoms with Gasteiger partial charge in [-0.2, -0.15) is 15.0 Å². The molecular formula is C28H27FN6O. The second-order valence-electron chi connectivity index (χ2n) is 8.58. The molecule has 182 valence electrons. The summed E-state index contributed by atoms with van der Waals surface area (Å²) in [5, 5.41) is 5.95. The number of nitrogens with one attached hydrogen (secondary N) is 2. The molecule has 5 rings (SSSR count). The smallest absolute Gasteiger partial charge is 0.251 e. The SMILES string of the molecule is CNc1nc(-c2ccccc2)nc(N2CCCc3cc(C(=O)NCc4ccccc4CF)ccc32)n1. The Morgan fingerprint density at radius 3 is 2.53 bits per heavy atom. The zero-order valence-electron chi connectivity index (χ0n) is 20.0. The third kappa shape index (κ3) is 4.88. The maximum absolute atomic E-state index is 13.2. The van der Waals surface area contributed by atoms with Gasteiger partial charge >= 0.3 is 0 Å². The lowest BCUT2D eigenvalue weighted by Gasteiger charge is -2.30. The Morgan fingerprint density at radius 2 is 1.75 bits per heavy atom. The number of nitrogens with zero attached hydrogens (tertiary/aromatic N) is 4. The zero-order valence-corrected chi connectivity index (χ0v) is 20.0. The predicted octanol–water partition coefficient (Wildman–Crippen LogP) is 5.06. The van der Waals surface area contributed by atoms with Gasteiger partial charge in [-0.3, -0.25) is 4.79 Å². The minimum absolute atomic E-state index is 0.187. The minimum Gasteiger partial charge on any atom is -0.357 e. The molecule has 0 atom stereocenters. The van der Waals surface area contributed by atoms with E-state index in [0.29, 0.717) is 28.8 Å². The highest BCUT2D eigenvalue weighted by Crippen LogP contribution is 2.33. The molecule has 1 aliphatic heterocycles. The van der Waals surface area contributed by atoms with Gasteiger partial charge in [0.15, 0.2) is 5.82 Å². The number of anilines is 3. The van der Waals surface area contributed by atoms with Gasteiger partial charge in [-0.15, -0.1) is 0 Å². The summed E-state index contributed by atoms with van der Waals surface area (Å²) in [4.78, 5) is 28.9. The fourth-order valence-corrected chi connectivity index (χ4v) is 4.40. The van der Waals surface area contributed by atoms with Crippen LogP contribution in [0.2, 0.25) is 0 Å². The predicted molar refractivity (Wildman–Crippen MR) is 139 cm³/mol. The molecule has 8 heteroatoms. The van der Waals surface area contributed by atoms with Crippen LogP contribution in [-0.4, -0.2) is 34.5 Å². The fraction of sp³-hybridized carbons (Fsp3) is 0.214. The first-order valence-electron chi connectivity index (χ1n) is 12.0. The van der Waals surface area contributed by atoms with Gasteiger partial charge in [0.25, 0.3) is 5.91 Å². The average Bonchev–Trinajstić information content (AvgIpc) is 2.95. The van der Waals surface area contributed by atoms with Crippen molar-refractivity contribution in [2.75, 3.05) is 23.8 Å². The van der Waals surface area contributed by atoms with Crippen molar-refractivity contribution in [1.29, 1.82) is 0 Å². The van der Waals surface area contributed by atoms with E-state index in [2.05, 4.69) is 25.5 Å². The molecule has 0 radical (unpaired) electrons. The summed E-state index contributed by atoms with van der Waals surface area (Å²) in [5.74, 6) is 1.47. The molecule has 0 spiro atoms.